The molecule has 4 nitrogen and oxygen atoms in total. The smallest absolute Gasteiger partial charge is 0.258 e. The Morgan fingerprint density at radius 3 is 2.50 bits per heavy atom. The predicted molar refractivity (Wildman–Crippen MR) is 86.0 cm³/mol. The number of aromatic hydroxyl groups is 1. The standard InChI is InChI=1S/C18H21NO3/c1-3-15(14-10-8-13(2)9-11-14)19-18(21)12-22-17-7-5-4-6-16(17)20/h4-11,15,20H,3,12H2,1-2H3,(H,19,21). The summed E-state index contributed by atoms with van der Waals surface area (Å²) in [5.41, 5.74) is 2.26. The fourth-order valence-corrected chi connectivity index (χ4v) is 2.18. The van der Waals surface area contributed by atoms with Crippen molar-refractivity contribution >= 4 is 5.91 Å². The van der Waals surface area contributed by atoms with E-state index in [2.05, 4.69) is 5.32 Å². The maximum absolute atomic E-state index is 12.0. The lowest BCUT2D eigenvalue weighted by Crippen LogP contribution is -2.32. The number of amides is 1. The summed E-state index contributed by atoms with van der Waals surface area (Å²) in [6.07, 6.45) is 0.797. The number of rotatable bonds is 6. The molecule has 1 amide bonds. The molecule has 4 heteroatoms. The lowest BCUT2D eigenvalue weighted by atomic mass is 10.0. The quantitative estimate of drug-likeness (QED) is 0.860. The van der Waals surface area contributed by atoms with Crippen molar-refractivity contribution in [2.75, 3.05) is 6.61 Å². The van der Waals surface area contributed by atoms with Crippen molar-refractivity contribution in [1.29, 1.82) is 0 Å². The highest BCUT2D eigenvalue weighted by atomic mass is 16.5. The zero-order valence-corrected chi connectivity index (χ0v) is 12.9. The average Bonchev–Trinajstić information content (AvgIpc) is 2.53. The van der Waals surface area contributed by atoms with Crippen LogP contribution in [0.15, 0.2) is 48.5 Å². The van der Waals surface area contributed by atoms with Gasteiger partial charge in [-0.15, -0.1) is 0 Å². The van der Waals surface area contributed by atoms with E-state index in [4.69, 9.17) is 4.74 Å². The van der Waals surface area contributed by atoms with Crippen LogP contribution >= 0.6 is 0 Å². The molecule has 1 atom stereocenters. The first kappa shape index (κ1) is 15.9. The number of hydrogen-bond acceptors (Lipinski definition) is 3. The number of carbonyl (C=O) groups is 1. The number of ether oxygens (including phenoxy) is 1. The molecule has 0 fully saturated rings. The van der Waals surface area contributed by atoms with E-state index in [1.54, 1.807) is 18.2 Å². The summed E-state index contributed by atoms with van der Waals surface area (Å²) in [7, 11) is 0. The maximum atomic E-state index is 12.0. The summed E-state index contributed by atoms with van der Waals surface area (Å²) < 4.78 is 5.34. The maximum Gasteiger partial charge on any atom is 0.258 e. The molecule has 0 aromatic heterocycles. The number of para-hydroxylation sites is 2. The highest BCUT2D eigenvalue weighted by Crippen LogP contribution is 2.24. The third kappa shape index (κ3) is 4.25. The van der Waals surface area contributed by atoms with Crippen molar-refractivity contribution in [2.24, 2.45) is 0 Å². The average molecular weight is 299 g/mol. The minimum atomic E-state index is -0.212. The molecule has 1 unspecified atom stereocenters. The van der Waals surface area contributed by atoms with Crippen LogP contribution in [-0.2, 0) is 4.79 Å². The van der Waals surface area contributed by atoms with Gasteiger partial charge in [-0.25, -0.2) is 0 Å². The molecule has 22 heavy (non-hydrogen) atoms. The molecule has 0 saturated carbocycles. The van der Waals surface area contributed by atoms with E-state index in [-0.39, 0.29) is 24.3 Å². The largest absolute Gasteiger partial charge is 0.504 e. The van der Waals surface area contributed by atoms with Gasteiger partial charge in [0.05, 0.1) is 6.04 Å². The van der Waals surface area contributed by atoms with Crippen LogP contribution in [0.5, 0.6) is 11.5 Å². The second-order valence-electron chi connectivity index (χ2n) is 5.20. The van der Waals surface area contributed by atoms with Gasteiger partial charge in [0.25, 0.3) is 5.91 Å². The summed E-state index contributed by atoms with van der Waals surface area (Å²) >= 11 is 0. The van der Waals surface area contributed by atoms with Gasteiger partial charge in [0.2, 0.25) is 0 Å². The highest BCUT2D eigenvalue weighted by Gasteiger charge is 2.13. The molecule has 0 aliphatic heterocycles. The Morgan fingerprint density at radius 1 is 1.18 bits per heavy atom. The second-order valence-corrected chi connectivity index (χ2v) is 5.20. The predicted octanol–water partition coefficient (Wildman–Crippen LogP) is 3.35. The summed E-state index contributed by atoms with van der Waals surface area (Å²) in [6, 6.07) is 14.7. The molecule has 0 spiro atoms. The minimum absolute atomic E-state index is 0.0286. The normalized spacial score (nSPS) is 11.7. The molecule has 116 valence electrons. The van der Waals surface area contributed by atoms with Crippen LogP contribution in [0.2, 0.25) is 0 Å². The van der Waals surface area contributed by atoms with Crippen molar-refractivity contribution in [3.63, 3.8) is 0 Å². The fraction of sp³-hybridized carbons (Fsp3) is 0.278. The Bertz CT molecular complexity index is 622. The van der Waals surface area contributed by atoms with Crippen LogP contribution in [0.1, 0.15) is 30.5 Å². The Hall–Kier alpha value is -2.49. The van der Waals surface area contributed by atoms with E-state index in [9.17, 15) is 9.90 Å². The van der Waals surface area contributed by atoms with E-state index in [0.717, 1.165) is 12.0 Å². The molecule has 2 rings (SSSR count). The molecule has 2 aromatic carbocycles. The Kier molecular flexibility index (Phi) is 5.42. The number of phenols is 1. The molecule has 0 aliphatic rings. The summed E-state index contributed by atoms with van der Waals surface area (Å²) in [5.74, 6) is 0.123. The first-order valence-corrected chi connectivity index (χ1v) is 7.37. The van der Waals surface area contributed by atoms with Gasteiger partial charge in [0.15, 0.2) is 18.1 Å². The van der Waals surface area contributed by atoms with Crippen molar-refractivity contribution < 1.29 is 14.6 Å². The van der Waals surface area contributed by atoms with Crippen molar-refractivity contribution in [1.82, 2.24) is 5.32 Å². The number of aryl methyl sites for hydroxylation is 1. The lowest BCUT2D eigenvalue weighted by Gasteiger charge is -2.18. The molecule has 2 N–H and O–H groups in total. The van der Waals surface area contributed by atoms with Crippen LogP contribution in [0.3, 0.4) is 0 Å². The molecule has 0 radical (unpaired) electrons. The van der Waals surface area contributed by atoms with E-state index in [0.29, 0.717) is 5.75 Å². The van der Waals surface area contributed by atoms with Gasteiger partial charge in [-0.1, -0.05) is 48.9 Å². The second kappa shape index (κ2) is 7.50. The number of benzene rings is 2. The van der Waals surface area contributed by atoms with E-state index >= 15 is 0 Å². The van der Waals surface area contributed by atoms with Gasteiger partial charge >= 0.3 is 0 Å². The van der Waals surface area contributed by atoms with Gasteiger partial charge in [-0.2, -0.15) is 0 Å². The molecular formula is C18H21NO3. The molecule has 0 aliphatic carbocycles. The van der Waals surface area contributed by atoms with Crippen LogP contribution in [0.4, 0.5) is 0 Å². The molecule has 2 aromatic rings. The number of hydrogen-bond donors (Lipinski definition) is 2. The monoisotopic (exact) mass is 299 g/mol. The van der Waals surface area contributed by atoms with Crippen LogP contribution in [-0.4, -0.2) is 17.6 Å². The summed E-state index contributed by atoms with van der Waals surface area (Å²) in [4.78, 5) is 12.0. The van der Waals surface area contributed by atoms with E-state index in [1.807, 2.05) is 38.1 Å². The fourth-order valence-electron chi connectivity index (χ4n) is 2.18. The number of nitrogens with one attached hydrogen (secondary N) is 1. The van der Waals surface area contributed by atoms with Gasteiger partial charge in [0, 0.05) is 0 Å². The van der Waals surface area contributed by atoms with E-state index < -0.39 is 0 Å². The third-order valence-corrected chi connectivity index (χ3v) is 3.45. The van der Waals surface area contributed by atoms with Gasteiger partial charge in [-0.3, -0.25) is 4.79 Å². The van der Waals surface area contributed by atoms with Crippen LogP contribution < -0.4 is 10.1 Å². The molecule has 0 heterocycles. The zero-order valence-electron chi connectivity index (χ0n) is 12.9. The summed E-state index contributed by atoms with van der Waals surface area (Å²) in [5, 5.41) is 12.5. The number of phenolic OH excluding ortho intramolecular Hbond substituents is 1. The Labute approximate surface area is 130 Å². The molecule has 0 bridgehead atoms. The summed E-state index contributed by atoms with van der Waals surface area (Å²) in [6.45, 7) is 3.93. The molecular weight excluding hydrogens is 278 g/mol. The minimum Gasteiger partial charge on any atom is -0.504 e. The van der Waals surface area contributed by atoms with E-state index in [1.165, 1.54) is 11.6 Å². The third-order valence-electron chi connectivity index (χ3n) is 3.45. The van der Waals surface area contributed by atoms with Crippen molar-refractivity contribution in [3.05, 3.63) is 59.7 Å². The highest BCUT2D eigenvalue weighted by molar-refractivity contribution is 5.78. The Balaban J connectivity index is 1.92. The first-order valence-electron chi connectivity index (χ1n) is 7.37. The van der Waals surface area contributed by atoms with Gasteiger partial charge < -0.3 is 15.2 Å². The van der Waals surface area contributed by atoms with Crippen molar-refractivity contribution in [2.45, 2.75) is 26.3 Å². The SMILES string of the molecule is CCC(NC(=O)COc1ccccc1O)c1ccc(C)cc1. The zero-order chi connectivity index (χ0) is 15.9. The molecule has 0 saturated heterocycles. The van der Waals surface area contributed by atoms with Gasteiger partial charge in [-0.05, 0) is 31.0 Å². The topological polar surface area (TPSA) is 58.6 Å². The van der Waals surface area contributed by atoms with Gasteiger partial charge in [0.1, 0.15) is 0 Å². The van der Waals surface area contributed by atoms with Crippen LogP contribution in [0.25, 0.3) is 0 Å². The Morgan fingerprint density at radius 2 is 1.86 bits per heavy atom. The lowest BCUT2D eigenvalue weighted by molar-refractivity contribution is -0.123. The van der Waals surface area contributed by atoms with Crippen LogP contribution in [0, 0.1) is 6.92 Å². The van der Waals surface area contributed by atoms with Crippen molar-refractivity contribution in [3.8, 4) is 11.5 Å². The first-order chi connectivity index (χ1) is 10.6. The number of carbonyl (C=O) groups excluding carboxylic acids is 1.